The van der Waals surface area contributed by atoms with E-state index in [1.54, 1.807) is 0 Å². The van der Waals surface area contributed by atoms with Crippen molar-refractivity contribution in [2.24, 2.45) is 5.73 Å². The molecule has 0 heterocycles. The van der Waals surface area contributed by atoms with Crippen molar-refractivity contribution in [1.29, 1.82) is 5.26 Å². The molecule has 2 aromatic carbocycles. The highest BCUT2D eigenvalue weighted by Crippen LogP contribution is 2.26. The van der Waals surface area contributed by atoms with Gasteiger partial charge in [0.15, 0.2) is 6.10 Å². The van der Waals surface area contributed by atoms with Gasteiger partial charge in [0.05, 0.1) is 5.56 Å². The molecule has 0 spiro atoms. The highest BCUT2D eigenvalue weighted by atomic mass is 16.5. The predicted molar refractivity (Wildman–Crippen MR) is 82.1 cm³/mol. The number of aliphatic hydroxyl groups is 2. The minimum absolute atomic E-state index is 0.235. The van der Waals surface area contributed by atoms with Crippen molar-refractivity contribution in [3.05, 3.63) is 65.2 Å². The summed E-state index contributed by atoms with van der Waals surface area (Å²) in [6.45, 7) is 0.243. The van der Waals surface area contributed by atoms with Gasteiger partial charge in [0, 0.05) is 0 Å². The zero-order chi connectivity index (χ0) is 16.8. The molecule has 0 aliphatic rings. The molecule has 1 amide bonds. The first-order valence-corrected chi connectivity index (χ1v) is 6.89. The van der Waals surface area contributed by atoms with E-state index in [0.29, 0.717) is 0 Å². The number of primary amides is 1. The molecule has 0 fully saturated rings. The van der Waals surface area contributed by atoms with E-state index >= 15 is 0 Å². The van der Waals surface area contributed by atoms with Crippen molar-refractivity contribution in [2.75, 3.05) is 0 Å². The Balaban J connectivity index is 2.22. The molecule has 0 aromatic heterocycles. The van der Waals surface area contributed by atoms with E-state index in [-0.39, 0.29) is 23.5 Å². The van der Waals surface area contributed by atoms with Crippen LogP contribution < -0.4 is 10.5 Å². The maximum atomic E-state index is 11.0. The minimum atomic E-state index is -1.73. The number of carbonyl (C=O) groups is 1. The molecule has 0 bridgehead atoms. The average Bonchev–Trinajstić information content (AvgIpc) is 2.59. The standard InChI is InChI=1S/C17H16N2O4/c18-9-13-7-6-12(15(20)16(21)17(19)22)8-14(13)23-10-11-4-2-1-3-5-11/h1-8,15-16,20-21H,10H2,(H2,19,22). The van der Waals surface area contributed by atoms with Crippen LogP contribution in [-0.4, -0.2) is 22.2 Å². The summed E-state index contributed by atoms with van der Waals surface area (Å²) in [7, 11) is 0. The van der Waals surface area contributed by atoms with Gasteiger partial charge in [-0.1, -0.05) is 36.4 Å². The van der Waals surface area contributed by atoms with Crippen LogP contribution in [0.25, 0.3) is 0 Å². The third-order valence-electron chi connectivity index (χ3n) is 3.30. The number of nitrogens with two attached hydrogens (primary N) is 1. The lowest BCUT2D eigenvalue weighted by molar-refractivity contribution is -0.131. The van der Waals surface area contributed by atoms with Crippen molar-refractivity contribution < 1.29 is 19.7 Å². The molecule has 0 saturated heterocycles. The second kappa shape index (κ2) is 7.40. The Kier molecular flexibility index (Phi) is 5.31. The van der Waals surface area contributed by atoms with Gasteiger partial charge in [-0.3, -0.25) is 4.79 Å². The Morgan fingerprint density at radius 3 is 2.52 bits per heavy atom. The molecule has 6 heteroatoms. The lowest BCUT2D eigenvalue weighted by Gasteiger charge is -2.17. The van der Waals surface area contributed by atoms with E-state index in [1.165, 1.54) is 18.2 Å². The number of nitriles is 1. The topological polar surface area (TPSA) is 117 Å². The van der Waals surface area contributed by atoms with Crippen LogP contribution in [0.1, 0.15) is 22.8 Å². The van der Waals surface area contributed by atoms with Crippen molar-refractivity contribution in [3.63, 3.8) is 0 Å². The number of amides is 1. The van der Waals surface area contributed by atoms with Crippen LogP contribution in [0, 0.1) is 11.3 Å². The van der Waals surface area contributed by atoms with Crippen molar-refractivity contribution in [1.82, 2.24) is 0 Å². The summed E-state index contributed by atoms with van der Waals surface area (Å²) in [5, 5.41) is 28.6. The van der Waals surface area contributed by atoms with Crippen molar-refractivity contribution in [2.45, 2.75) is 18.8 Å². The largest absolute Gasteiger partial charge is 0.488 e. The third kappa shape index (κ3) is 4.07. The summed E-state index contributed by atoms with van der Waals surface area (Å²) < 4.78 is 5.61. The number of carbonyl (C=O) groups excluding carboxylic acids is 1. The molecule has 4 N–H and O–H groups in total. The number of rotatable bonds is 6. The van der Waals surface area contributed by atoms with Gasteiger partial charge >= 0.3 is 0 Å². The van der Waals surface area contributed by atoms with Crippen LogP contribution in [0.15, 0.2) is 48.5 Å². The van der Waals surface area contributed by atoms with E-state index in [2.05, 4.69) is 0 Å². The van der Waals surface area contributed by atoms with Gasteiger partial charge in [-0.05, 0) is 23.3 Å². The maximum Gasteiger partial charge on any atom is 0.249 e. The molecule has 2 unspecified atom stereocenters. The lowest BCUT2D eigenvalue weighted by atomic mass is 10.0. The van der Waals surface area contributed by atoms with E-state index in [9.17, 15) is 15.0 Å². The second-order valence-corrected chi connectivity index (χ2v) is 4.93. The summed E-state index contributed by atoms with van der Waals surface area (Å²) in [5.74, 6) is -0.779. The lowest BCUT2D eigenvalue weighted by Crippen LogP contribution is -2.33. The average molecular weight is 312 g/mol. The molecule has 0 aliphatic heterocycles. The Hall–Kier alpha value is -2.88. The van der Waals surface area contributed by atoms with Crippen LogP contribution in [-0.2, 0) is 11.4 Å². The van der Waals surface area contributed by atoms with Gasteiger partial charge in [-0.15, -0.1) is 0 Å². The first-order valence-electron chi connectivity index (χ1n) is 6.89. The molecule has 118 valence electrons. The van der Waals surface area contributed by atoms with E-state index < -0.39 is 18.1 Å². The van der Waals surface area contributed by atoms with Crippen LogP contribution in [0.5, 0.6) is 5.75 Å². The minimum Gasteiger partial charge on any atom is -0.488 e. The van der Waals surface area contributed by atoms with Gasteiger partial charge in [-0.2, -0.15) is 5.26 Å². The first-order chi connectivity index (χ1) is 11.0. The Bertz CT molecular complexity index is 725. The fraction of sp³-hybridized carbons (Fsp3) is 0.176. The van der Waals surface area contributed by atoms with Gasteiger partial charge in [0.1, 0.15) is 24.5 Å². The normalized spacial score (nSPS) is 12.9. The van der Waals surface area contributed by atoms with E-state index in [0.717, 1.165) is 5.56 Å². The number of benzene rings is 2. The number of ether oxygens (including phenoxy) is 1. The SMILES string of the molecule is N#Cc1ccc(C(O)C(O)C(N)=O)cc1OCc1ccccc1. The highest BCUT2D eigenvalue weighted by Gasteiger charge is 2.24. The molecular weight excluding hydrogens is 296 g/mol. The quantitative estimate of drug-likeness (QED) is 0.736. The predicted octanol–water partition coefficient (Wildman–Crippen LogP) is 1.02. The summed E-state index contributed by atoms with van der Waals surface area (Å²) in [6, 6.07) is 15.7. The zero-order valence-corrected chi connectivity index (χ0v) is 12.2. The van der Waals surface area contributed by atoms with E-state index in [4.69, 9.17) is 15.7 Å². The fourth-order valence-electron chi connectivity index (χ4n) is 2.01. The summed E-state index contributed by atoms with van der Waals surface area (Å²) in [4.78, 5) is 11.0. The summed E-state index contributed by atoms with van der Waals surface area (Å²) in [6.07, 6.45) is -3.22. The smallest absolute Gasteiger partial charge is 0.249 e. The Morgan fingerprint density at radius 2 is 1.91 bits per heavy atom. The number of aliphatic hydroxyl groups excluding tert-OH is 2. The number of hydrogen-bond acceptors (Lipinski definition) is 5. The fourth-order valence-corrected chi connectivity index (χ4v) is 2.01. The molecule has 2 aromatic rings. The molecule has 2 atom stereocenters. The number of hydrogen-bond donors (Lipinski definition) is 3. The van der Waals surface area contributed by atoms with Crippen molar-refractivity contribution >= 4 is 5.91 Å². The van der Waals surface area contributed by atoms with Crippen LogP contribution >= 0.6 is 0 Å². The molecular formula is C17H16N2O4. The highest BCUT2D eigenvalue weighted by molar-refractivity contribution is 5.79. The van der Waals surface area contributed by atoms with Crippen LogP contribution in [0.4, 0.5) is 0 Å². The van der Waals surface area contributed by atoms with Gasteiger partial charge in [-0.25, -0.2) is 0 Å². The monoisotopic (exact) mass is 312 g/mol. The van der Waals surface area contributed by atoms with Gasteiger partial charge in [0.2, 0.25) is 5.91 Å². The zero-order valence-electron chi connectivity index (χ0n) is 12.2. The van der Waals surface area contributed by atoms with Gasteiger partial charge < -0.3 is 20.7 Å². The van der Waals surface area contributed by atoms with E-state index in [1.807, 2.05) is 36.4 Å². The molecule has 2 rings (SSSR count). The third-order valence-corrected chi connectivity index (χ3v) is 3.30. The molecule has 0 radical (unpaired) electrons. The number of nitrogens with zero attached hydrogens (tertiary/aromatic N) is 1. The molecule has 0 saturated carbocycles. The van der Waals surface area contributed by atoms with Crippen molar-refractivity contribution in [3.8, 4) is 11.8 Å². The Labute approximate surface area is 133 Å². The Morgan fingerprint density at radius 1 is 1.22 bits per heavy atom. The molecule has 23 heavy (non-hydrogen) atoms. The maximum absolute atomic E-state index is 11.0. The summed E-state index contributed by atoms with van der Waals surface area (Å²) >= 11 is 0. The molecule has 0 aliphatic carbocycles. The van der Waals surface area contributed by atoms with Crippen LogP contribution in [0.2, 0.25) is 0 Å². The molecule has 6 nitrogen and oxygen atoms in total. The summed E-state index contributed by atoms with van der Waals surface area (Å²) in [5.41, 5.74) is 6.40. The second-order valence-electron chi connectivity index (χ2n) is 4.93. The van der Waals surface area contributed by atoms with Gasteiger partial charge in [0.25, 0.3) is 0 Å². The first kappa shape index (κ1) is 16.5. The van der Waals surface area contributed by atoms with Crippen LogP contribution in [0.3, 0.4) is 0 Å².